The van der Waals surface area contributed by atoms with Gasteiger partial charge in [0.25, 0.3) is 0 Å². The molecule has 0 amide bonds. The molecule has 2 aromatic rings. The van der Waals surface area contributed by atoms with Gasteiger partial charge in [0, 0.05) is 25.7 Å². The molecular weight excluding hydrogens is 265 g/mol. The molecule has 1 aromatic carbocycles. The van der Waals surface area contributed by atoms with Gasteiger partial charge in [0.15, 0.2) is 0 Å². The molecule has 0 spiro atoms. The van der Waals surface area contributed by atoms with Crippen molar-refractivity contribution in [3.8, 4) is 0 Å². The molecular formula is C14H17ClFN3. The monoisotopic (exact) mass is 281 g/mol. The molecule has 3 nitrogen and oxygen atoms in total. The SMILES string of the molecule is CNC(Cc1ccn(C)n1)Cc1cccc(Cl)c1F. The predicted octanol–water partition coefficient (Wildman–Crippen LogP) is 2.59. The normalized spacial score (nSPS) is 12.6. The van der Waals surface area contributed by atoms with E-state index >= 15 is 0 Å². The van der Waals surface area contributed by atoms with Gasteiger partial charge in [0.05, 0.1) is 10.7 Å². The number of hydrogen-bond donors (Lipinski definition) is 1. The second-order valence-electron chi connectivity index (χ2n) is 4.59. The van der Waals surface area contributed by atoms with Crippen molar-refractivity contribution in [3.63, 3.8) is 0 Å². The number of nitrogens with one attached hydrogen (secondary N) is 1. The van der Waals surface area contributed by atoms with Crippen LogP contribution in [-0.2, 0) is 19.9 Å². The van der Waals surface area contributed by atoms with Crippen LogP contribution in [0.15, 0.2) is 30.5 Å². The molecule has 19 heavy (non-hydrogen) atoms. The third kappa shape index (κ3) is 3.55. The Morgan fingerprint density at radius 3 is 2.79 bits per heavy atom. The predicted molar refractivity (Wildman–Crippen MR) is 74.9 cm³/mol. The van der Waals surface area contributed by atoms with Crippen molar-refractivity contribution >= 4 is 11.6 Å². The van der Waals surface area contributed by atoms with Gasteiger partial charge in [-0.15, -0.1) is 0 Å². The van der Waals surface area contributed by atoms with Gasteiger partial charge < -0.3 is 5.32 Å². The molecule has 1 atom stereocenters. The Morgan fingerprint density at radius 2 is 2.16 bits per heavy atom. The van der Waals surface area contributed by atoms with Crippen molar-refractivity contribution in [1.29, 1.82) is 0 Å². The Balaban J connectivity index is 2.08. The summed E-state index contributed by atoms with van der Waals surface area (Å²) in [6, 6.07) is 7.20. The number of rotatable bonds is 5. The lowest BCUT2D eigenvalue weighted by Gasteiger charge is -2.15. The molecule has 0 fully saturated rings. The van der Waals surface area contributed by atoms with Crippen LogP contribution in [0, 0.1) is 5.82 Å². The van der Waals surface area contributed by atoms with Crippen molar-refractivity contribution in [1.82, 2.24) is 15.1 Å². The van der Waals surface area contributed by atoms with Crippen LogP contribution in [-0.4, -0.2) is 22.9 Å². The number of nitrogens with zero attached hydrogens (tertiary/aromatic N) is 2. The number of aromatic nitrogens is 2. The van der Waals surface area contributed by atoms with Crippen molar-refractivity contribution < 1.29 is 4.39 Å². The van der Waals surface area contributed by atoms with Gasteiger partial charge in [-0.1, -0.05) is 23.7 Å². The first-order chi connectivity index (χ1) is 9.10. The average Bonchev–Trinajstić information content (AvgIpc) is 2.79. The van der Waals surface area contributed by atoms with Gasteiger partial charge in [0.1, 0.15) is 5.82 Å². The molecule has 0 aliphatic rings. The van der Waals surface area contributed by atoms with Crippen molar-refractivity contribution in [3.05, 3.63) is 52.6 Å². The molecule has 0 saturated heterocycles. The highest BCUT2D eigenvalue weighted by atomic mass is 35.5. The van der Waals surface area contributed by atoms with Crippen LogP contribution in [0.2, 0.25) is 5.02 Å². The van der Waals surface area contributed by atoms with Crippen molar-refractivity contribution in [2.75, 3.05) is 7.05 Å². The Bertz CT molecular complexity index is 553. The van der Waals surface area contributed by atoms with Crippen LogP contribution in [0.4, 0.5) is 4.39 Å². The number of likely N-dealkylation sites (N-methyl/N-ethyl adjacent to an activating group) is 1. The Kier molecular flexibility index (Phi) is 4.56. The summed E-state index contributed by atoms with van der Waals surface area (Å²) in [6.07, 6.45) is 3.24. The maximum absolute atomic E-state index is 13.9. The lowest BCUT2D eigenvalue weighted by molar-refractivity contribution is 0.525. The zero-order chi connectivity index (χ0) is 13.8. The number of benzene rings is 1. The summed E-state index contributed by atoms with van der Waals surface area (Å²) >= 11 is 5.79. The van der Waals surface area contributed by atoms with E-state index in [1.54, 1.807) is 22.9 Å². The standard InChI is InChI=1S/C14H17ClFN3/c1-17-12(9-11-6-7-19(2)18-11)8-10-4-3-5-13(15)14(10)16/h3-7,12,17H,8-9H2,1-2H3. The minimum absolute atomic E-state index is 0.128. The maximum Gasteiger partial charge on any atom is 0.145 e. The molecule has 1 unspecified atom stereocenters. The number of aryl methyl sites for hydroxylation is 1. The second-order valence-corrected chi connectivity index (χ2v) is 4.99. The first kappa shape index (κ1) is 14.0. The van der Waals surface area contributed by atoms with Crippen molar-refractivity contribution in [2.24, 2.45) is 7.05 Å². The van der Waals surface area contributed by atoms with Crippen LogP contribution in [0.25, 0.3) is 0 Å². The third-order valence-corrected chi connectivity index (χ3v) is 3.42. The first-order valence-corrected chi connectivity index (χ1v) is 6.56. The molecule has 0 saturated carbocycles. The highest BCUT2D eigenvalue weighted by Gasteiger charge is 2.14. The van der Waals surface area contributed by atoms with Gasteiger partial charge in [-0.2, -0.15) is 5.10 Å². The number of halogens is 2. The van der Waals surface area contributed by atoms with Gasteiger partial charge in [-0.05, 0) is 31.2 Å². The lowest BCUT2D eigenvalue weighted by Crippen LogP contribution is -2.30. The van der Waals surface area contributed by atoms with Crippen molar-refractivity contribution in [2.45, 2.75) is 18.9 Å². The maximum atomic E-state index is 13.9. The molecule has 5 heteroatoms. The fourth-order valence-electron chi connectivity index (χ4n) is 2.07. The number of hydrogen-bond acceptors (Lipinski definition) is 2. The van der Waals surface area contributed by atoms with Crippen LogP contribution in [0.3, 0.4) is 0 Å². The Morgan fingerprint density at radius 1 is 1.37 bits per heavy atom. The molecule has 1 N–H and O–H groups in total. The van der Waals surface area contributed by atoms with Crippen LogP contribution < -0.4 is 5.32 Å². The zero-order valence-corrected chi connectivity index (χ0v) is 11.8. The van der Waals surface area contributed by atoms with E-state index < -0.39 is 0 Å². The highest BCUT2D eigenvalue weighted by molar-refractivity contribution is 6.30. The van der Waals surface area contributed by atoms with Crippen LogP contribution >= 0.6 is 11.6 Å². The highest BCUT2D eigenvalue weighted by Crippen LogP contribution is 2.19. The Labute approximate surface area is 117 Å². The van der Waals surface area contributed by atoms with E-state index in [4.69, 9.17) is 11.6 Å². The van der Waals surface area contributed by atoms with E-state index in [1.165, 1.54) is 0 Å². The molecule has 1 aromatic heterocycles. The smallest absolute Gasteiger partial charge is 0.145 e. The summed E-state index contributed by atoms with van der Waals surface area (Å²) in [7, 11) is 3.75. The minimum atomic E-state index is -0.328. The summed E-state index contributed by atoms with van der Waals surface area (Å²) in [4.78, 5) is 0. The molecule has 0 aliphatic heterocycles. The fraction of sp³-hybridized carbons (Fsp3) is 0.357. The van der Waals surface area contributed by atoms with Gasteiger partial charge in [0.2, 0.25) is 0 Å². The topological polar surface area (TPSA) is 29.9 Å². The minimum Gasteiger partial charge on any atom is -0.316 e. The summed E-state index contributed by atoms with van der Waals surface area (Å²) < 4.78 is 15.6. The molecule has 0 bridgehead atoms. The lowest BCUT2D eigenvalue weighted by atomic mass is 10.0. The van der Waals surface area contributed by atoms with Gasteiger partial charge in [-0.25, -0.2) is 4.39 Å². The average molecular weight is 282 g/mol. The molecule has 102 valence electrons. The summed E-state index contributed by atoms with van der Waals surface area (Å²) in [5.74, 6) is -0.328. The van der Waals surface area contributed by atoms with E-state index in [0.717, 1.165) is 12.1 Å². The van der Waals surface area contributed by atoms with E-state index in [2.05, 4.69) is 10.4 Å². The first-order valence-electron chi connectivity index (χ1n) is 6.19. The molecule has 0 aliphatic carbocycles. The quantitative estimate of drug-likeness (QED) is 0.913. The van der Waals surface area contributed by atoms with Crippen LogP contribution in [0.1, 0.15) is 11.3 Å². The zero-order valence-electron chi connectivity index (χ0n) is 11.0. The summed E-state index contributed by atoms with van der Waals surface area (Å²) in [5, 5.41) is 7.70. The third-order valence-electron chi connectivity index (χ3n) is 3.13. The van der Waals surface area contributed by atoms with E-state index in [1.807, 2.05) is 26.4 Å². The van der Waals surface area contributed by atoms with Crippen LogP contribution in [0.5, 0.6) is 0 Å². The largest absolute Gasteiger partial charge is 0.316 e. The van der Waals surface area contributed by atoms with Gasteiger partial charge in [-0.3, -0.25) is 4.68 Å². The van der Waals surface area contributed by atoms with E-state index in [-0.39, 0.29) is 16.9 Å². The summed E-state index contributed by atoms with van der Waals surface area (Å²) in [6.45, 7) is 0. The van der Waals surface area contributed by atoms with E-state index in [0.29, 0.717) is 12.0 Å². The summed E-state index contributed by atoms with van der Waals surface area (Å²) in [5.41, 5.74) is 1.62. The Hall–Kier alpha value is -1.39. The molecule has 0 radical (unpaired) electrons. The van der Waals surface area contributed by atoms with Gasteiger partial charge >= 0.3 is 0 Å². The molecule has 2 rings (SSSR count). The molecule has 1 heterocycles. The second kappa shape index (κ2) is 6.17. The van der Waals surface area contributed by atoms with E-state index in [9.17, 15) is 4.39 Å². The fourth-order valence-corrected chi connectivity index (χ4v) is 2.27.